The normalized spacial score (nSPS) is 12.9. The van der Waals surface area contributed by atoms with Gasteiger partial charge in [0.2, 0.25) is 11.8 Å². The van der Waals surface area contributed by atoms with E-state index in [0.29, 0.717) is 5.69 Å². The van der Waals surface area contributed by atoms with Crippen molar-refractivity contribution in [1.82, 2.24) is 5.32 Å². The van der Waals surface area contributed by atoms with Crippen LogP contribution in [0.15, 0.2) is 72.8 Å². The van der Waals surface area contributed by atoms with E-state index < -0.39 is 29.5 Å². The molecule has 0 heterocycles. The van der Waals surface area contributed by atoms with E-state index in [2.05, 4.69) is 34.9 Å². The number of nitrogens with one attached hydrogen (secondary N) is 2. The Kier molecular flexibility index (Phi) is 8.62. The van der Waals surface area contributed by atoms with E-state index in [4.69, 9.17) is 16.2 Å². The Balaban J connectivity index is 0.00000380. The maximum Gasteiger partial charge on any atom is 0.411 e. The highest BCUT2D eigenvalue weighted by Gasteiger charge is 2.30. The molecule has 0 aromatic heterocycles. The summed E-state index contributed by atoms with van der Waals surface area (Å²) in [6.07, 6.45) is -0.291. The molecular formula is C28H32N4O4S. The van der Waals surface area contributed by atoms with Crippen molar-refractivity contribution >= 4 is 37.1 Å². The van der Waals surface area contributed by atoms with Gasteiger partial charge in [-0.1, -0.05) is 60.7 Å². The molecule has 1 aliphatic rings. The molecule has 0 bridgehead atoms. The number of fused-ring (bicyclic) bond motifs is 3. The number of hydrogen-bond donors (Lipinski definition) is 4. The molecule has 8 nitrogen and oxygen atoms in total. The fraction of sp³-hybridized carbons (Fsp3) is 0.250. The zero-order valence-corrected chi connectivity index (χ0v) is 21.8. The zero-order valence-electron chi connectivity index (χ0n) is 20.8. The molecule has 3 aromatic carbocycles. The van der Waals surface area contributed by atoms with Gasteiger partial charge in [0.15, 0.2) is 0 Å². The largest absolute Gasteiger partial charge is 0.448 e. The van der Waals surface area contributed by atoms with Gasteiger partial charge in [0, 0.05) is 11.6 Å². The lowest BCUT2D eigenvalue weighted by molar-refractivity contribution is -0.131. The van der Waals surface area contributed by atoms with Gasteiger partial charge in [-0.3, -0.25) is 14.9 Å². The third-order valence-electron chi connectivity index (χ3n) is 6.39. The van der Waals surface area contributed by atoms with Gasteiger partial charge in [-0.25, -0.2) is 4.79 Å². The zero-order chi connectivity index (χ0) is 25.9. The number of ether oxygens (including phenoxy) is 1. The van der Waals surface area contributed by atoms with E-state index in [1.165, 1.54) is 25.0 Å². The lowest BCUT2D eigenvalue weighted by Crippen LogP contribution is -2.57. The van der Waals surface area contributed by atoms with Crippen LogP contribution in [0.2, 0.25) is 0 Å². The van der Waals surface area contributed by atoms with Crippen molar-refractivity contribution in [3.05, 3.63) is 89.5 Å². The Morgan fingerprint density at radius 1 is 0.919 bits per heavy atom. The minimum atomic E-state index is -1.19. The van der Waals surface area contributed by atoms with Gasteiger partial charge in [0.05, 0.1) is 6.04 Å². The average Bonchev–Trinajstić information content (AvgIpc) is 3.17. The molecular weight excluding hydrogens is 488 g/mol. The predicted molar refractivity (Wildman–Crippen MR) is 149 cm³/mol. The van der Waals surface area contributed by atoms with Crippen molar-refractivity contribution in [1.29, 1.82) is 0 Å². The summed E-state index contributed by atoms with van der Waals surface area (Å²) < 4.78 is 5.57. The number of nitrogens with two attached hydrogens (primary N) is 2. The topological polar surface area (TPSA) is 137 Å². The van der Waals surface area contributed by atoms with E-state index in [9.17, 15) is 14.4 Å². The van der Waals surface area contributed by atoms with Crippen molar-refractivity contribution in [2.24, 2.45) is 11.5 Å². The number of carbonyl (C=O) groups excluding carboxylic acids is 3. The van der Waals surface area contributed by atoms with E-state index >= 15 is 0 Å². The Morgan fingerprint density at radius 3 is 2.00 bits per heavy atom. The SMILES string of the molecule is CC(C)(NC(=O)[C@@H](N)Cc1ccc(NC(=O)OCC2c3ccccc3-c3ccccc32)cc1)C(N)=O.S. The molecule has 3 aromatic rings. The van der Waals surface area contributed by atoms with E-state index in [-0.39, 0.29) is 32.4 Å². The molecule has 1 atom stereocenters. The molecule has 37 heavy (non-hydrogen) atoms. The molecule has 0 spiro atoms. The van der Waals surface area contributed by atoms with Crippen molar-refractivity contribution in [2.75, 3.05) is 11.9 Å². The Bertz CT molecular complexity index is 1250. The molecule has 6 N–H and O–H groups in total. The molecule has 1 aliphatic carbocycles. The Hall–Kier alpha value is -3.82. The quantitative estimate of drug-likeness (QED) is 0.361. The summed E-state index contributed by atoms with van der Waals surface area (Å²) in [5.74, 6) is -1.14. The molecule has 0 fully saturated rings. The number of primary amides is 1. The van der Waals surface area contributed by atoms with Crippen LogP contribution in [-0.2, 0) is 20.7 Å². The molecule has 0 saturated heterocycles. The molecule has 0 saturated carbocycles. The second-order valence-electron chi connectivity index (χ2n) is 9.44. The van der Waals surface area contributed by atoms with Gasteiger partial charge in [-0.05, 0) is 60.2 Å². The summed E-state index contributed by atoms with van der Waals surface area (Å²) >= 11 is 0. The van der Waals surface area contributed by atoms with Crippen LogP contribution in [0.5, 0.6) is 0 Å². The molecule has 3 amide bonds. The molecule has 0 radical (unpaired) electrons. The number of amides is 3. The van der Waals surface area contributed by atoms with Gasteiger partial charge in [-0.15, -0.1) is 0 Å². The number of carbonyl (C=O) groups is 3. The highest BCUT2D eigenvalue weighted by molar-refractivity contribution is 7.59. The van der Waals surface area contributed by atoms with E-state index in [1.54, 1.807) is 24.3 Å². The van der Waals surface area contributed by atoms with Crippen LogP contribution in [0.25, 0.3) is 11.1 Å². The standard InChI is InChI=1S/C28H30N4O4.H2S/c1-28(2,26(30)34)32-25(33)24(29)15-17-11-13-18(14-12-17)31-27(35)36-16-23-21-9-5-3-7-19(21)20-8-4-6-10-22(20)23;/h3-14,23-24H,15-16,29H2,1-2H3,(H2,30,34)(H,31,35)(H,32,33);1H2/t24-;/m0./s1. The fourth-order valence-electron chi connectivity index (χ4n) is 4.29. The third-order valence-corrected chi connectivity index (χ3v) is 6.39. The van der Waals surface area contributed by atoms with E-state index in [1.807, 2.05) is 24.3 Å². The van der Waals surface area contributed by atoms with E-state index in [0.717, 1.165) is 16.7 Å². The van der Waals surface area contributed by atoms with Gasteiger partial charge >= 0.3 is 6.09 Å². The monoisotopic (exact) mass is 520 g/mol. The first-order chi connectivity index (χ1) is 17.2. The van der Waals surface area contributed by atoms with Crippen LogP contribution in [0, 0.1) is 0 Å². The fourth-order valence-corrected chi connectivity index (χ4v) is 4.29. The maximum absolute atomic E-state index is 12.5. The number of hydrogen-bond acceptors (Lipinski definition) is 5. The highest BCUT2D eigenvalue weighted by atomic mass is 32.1. The molecule has 0 aliphatic heterocycles. The highest BCUT2D eigenvalue weighted by Crippen LogP contribution is 2.44. The third kappa shape index (κ3) is 6.31. The molecule has 0 unspecified atom stereocenters. The number of benzene rings is 3. The van der Waals surface area contributed by atoms with Gasteiger partial charge in [0.25, 0.3) is 0 Å². The number of rotatable bonds is 8. The lowest BCUT2D eigenvalue weighted by Gasteiger charge is -2.24. The molecule has 4 rings (SSSR count). The Morgan fingerprint density at radius 2 is 1.46 bits per heavy atom. The lowest BCUT2D eigenvalue weighted by atomic mass is 9.98. The van der Waals surface area contributed by atoms with Crippen molar-refractivity contribution in [3.8, 4) is 11.1 Å². The Labute approximate surface area is 223 Å². The first kappa shape index (κ1) is 27.8. The predicted octanol–water partition coefficient (Wildman–Crippen LogP) is 3.41. The summed E-state index contributed by atoms with van der Waals surface area (Å²) in [4.78, 5) is 36.2. The summed E-state index contributed by atoms with van der Waals surface area (Å²) in [5.41, 5.74) is 16.1. The maximum atomic E-state index is 12.5. The summed E-state index contributed by atoms with van der Waals surface area (Å²) in [6.45, 7) is 3.26. The van der Waals surface area contributed by atoms with Crippen molar-refractivity contribution < 1.29 is 19.1 Å². The minimum Gasteiger partial charge on any atom is -0.448 e. The first-order valence-corrected chi connectivity index (χ1v) is 11.7. The van der Waals surface area contributed by atoms with Crippen LogP contribution in [0.4, 0.5) is 10.5 Å². The van der Waals surface area contributed by atoms with Gasteiger partial charge in [-0.2, -0.15) is 13.5 Å². The summed E-state index contributed by atoms with van der Waals surface area (Å²) in [7, 11) is 0. The minimum absolute atomic E-state index is 0. The van der Waals surface area contributed by atoms with Crippen LogP contribution >= 0.6 is 13.5 Å². The molecule has 9 heteroatoms. The van der Waals surface area contributed by atoms with Gasteiger partial charge < -0.3 is 21.5 Å². The second kappa shape index (κ2) is 11.5. The second-order valence-corrected chi connectivity index (χ2v) is 9.44. The van der Waals surface area contributed by atoms with Crippen molar-refractivity contribution in [2.45, 2.75) is 37.8 Å². The number of anilines is 1. The van der Waals surface area contributed by atoms with Crippen LogP contribution in [0.3, 0.4) is 0 Å². The smallest absolute Gasteiger partial charge is 0.411 e. The summed E-state index contributed by atoms with van der Waals surface area (Å²) in [5, 5.41) is 5.29. The van der Waals surface area contributed by atoms with Crippen LogP contribution in [-0.4, -0.2) is 36.1 Å². The van der Waals surface area contributed by atoms with Crippen LogP contribution in [0.1, 0.15) is 36.5 Å². The first-order valence-electron chi connectivity index (χ1n) is 11.7. The van der Waals surface area contributed by atoms with Crippen LogP contribution < -0.4 is 22.1 Å². The van der Waals surface area contributed by atoms with Crippen molar-refractivity contribution in [3.63, 3.8) is 0 Å². The summed E-state index contributed by atoms with van der Waals surface area (Å²) in [6, 6.07) is 22.4. The average molecular weight is 521 g/mol. The van der Waals surface area contributed by atoms with Gasteiger partial charge in [0.1, 0.15) is 12.1 Å². The molecule has 194 valence electrons.